The van der Waals surface area contributed by atoms with Gasteiger partial charge in [-0.2, -0.15) is 0 Å². The Kier molecular flexibility index (Phi) is 9.47. The van der Waals surface area contributed by atoms with Gasteiger partial charge in [0.15, 0.2) is 0 Å². The van der Waals surface area contributed by atoms with E-state index in [1.54, 1.807) is 4.90 Å². The minimum absolute atomic E-state index is 0.00408. The van der Waals surface area contributed by atoms with Gasteiger partial charge in [-0.15, -0.1) is 0 Å². The molecule has 1 spiro atoms. The first-order valence-corrected chi connectivity index (χ1v) is 14.7. The Labute approximate surface area is 227 Å². The molecular weight excluding hydrogens is 480 g/mol. The lowest BCUT2D eigenvalue weighted by Crippen LogP contribution is -2.74. The molecule has 3 aliphatic rings. The molecule has 8 nitrogen and oxygen atoms in total. The molecule has 1 aromatic carbocycles. The normalized spacial score (nSPS) is 23.5. The fourth-order valence-electron chi connectivity index (χ4n) is 6.21. The van der Waals surface area contributed by atoms with Crippen molar-refractivity contribution in [3.63, 3.8) is 0 Å². The molecule has 2 aliphatic heterocycles. The van der Waals surface area contributed by atoms with E-state index in [-0.39, 0.29) is 23.6 Å². The lowest BCUT2D eigenvalue weighted by atomic mass is 9.80. The molecule has 0 aromatic heterocycles. The number of unbranched alkanes of at least 4 members (excludes halogenated alkanes) is 1. The summed E-state index contributed by atoms with van der Waals surface area (Å²) in [6.45, 7) is 8.47. The van der Waals surface area contributed by atoms with E-state index < -0.39 is 17.7 Å². The first-order chi connectivity index (χ1) is 18.2. The molecule has 3 fully saturated rings. The molecule has 38 heavy (non-hydrogen) atoms. The molecule has 3 N–H and O–H groups in total. The van der Waals surface area contributed by atoms with E-state index in [1.165, 1.54) is 19.3 Å². The SMILES string of the molecule is CCCCN1C(=O)[C@@H]([C@H](O)C(C)C)NC(=O)C12CCN(Cc1ccc(C(=O)NC3CCCCC3)cc1)CC2. The number of aliphatic hydroxyl groups excluding tert-OH is 1. The smallest absolute Gasteiger partial charge is 0.251 e. The second-order valence-corrected chi connectivity index (χ2v) is 11.8. The van der Waals surface area contributed by atoms with Crippen LogP contribution in [0.5, 0.6) is 0 Å². The number of hydrogen-bond donors (Lipinski definition) is 3. The Hall–Kier alpha value is -2.45. The predicted octanol–water partition coefficient (Wildman–Crippen LogP) is 3.23. The Morgan fingerprint density at radius 2 is 1.76 bits per heavy atom. The highest BCUT2D eigenvalue weighted by molar-refractivity contribution is 6.00. The molecule has 1 aromatic rings. The first-order valence-electron chi connectivity index (χ1n) is 14.7. The summed E-state index contributed by atoms with van der Waals surface area (Å²) in [6, 6.07) is 7.25. The monoisotopic (exact) mass is 526 g/mol. The van der Waals surface area contributed by atoms with Crippen LogP contribution in [0.25, 0.3) is 0 Å². The van der Waals surface area contributed by atoms with Crippen LogP contribution in [0.1, 0.15) is 94.5 Å². The standard InChI is InChI=1S/C30H46N4O4/c1-4-5-17-34-28(37)25(26(35)21(2)3)32-29(38)30(34)15-18-33(19-16-30)20-22-11-13-23(14-12-22)27(36)31-24-9-7-6-8-10-24/h11-14,21,24-26,35H,4-10,15-20H2,1-3H3,(H,31,36)(H,32,38)/t25-,26-/m1/s1. The van der Waals surface area contributed by atoms with E-state index in [4.69, 9.17) is 0 Å². The second-order valence-electron chi connectivity index (χ2n) is 11.8. The number of piperazine rings is 1. The largest absolute Gasteiger partial charge is 0.390 e. The van der Waals surface area contributed by atoms with Gasteiger partial charge in [0.05, 0.1) is 6.10 Å². The molecule has 210 valence electrons. The first kappa shape index (κ1) is 28.6. The number of nitrogens with zero attached hydrogens (tertiary/aromatic N) is 2. The predicted molar refractivity (Wildman–Crippen MR) is 147 cm³/mol. The van der Waals surface area contributed by atoms with Crippen LogP contribution in [0.3, 0.4) is 0 Å². The fraction of sp³-hybridized carbons (Fsp3) is 0.700. The van der Waals surface area contributed by atoms with E-state index >= 15 is 0 Å². The fourth-order valence-corrected chi connectivity index (χ4v) is 6.21. The maximum absolute atomic E-state index is 13.5. The molecule has 2 atom stereocenters. The molecule has 3 amide bonds. The average Bonchev–Trinajstić information content (AvgIpc) is 2.92. The van der Waals surface area contributed by atoms with Crippen molar-refractivity contribution >= 4 is 17.7 Å². The number of hydrogen-bond acceptors (Lipinski definition) is 5. The molecule has 1 saturated carbocycles. The molecule has 0 unspecified atom stereocenters. The summed E-state index contributed by atoms with van der Waals surface area (Å²) in [5.74, 6) is -0.414. The molecule has 1 aliphatic carbocycles. The van der Waals surface area contributed by atoms with Crippen molar-refractivity contribution in [2.45, 2.75) is 109 Å². The highest BCUT2D eigenvalue weighted by Gasteiger charge is 2.54. The number of benzene rings is 1. The summed E-state index contributed by atoms with van der Waals surface area (Å²) < 4.78 is 0. The molecule has 2 heterocycles. The summed E-state index contributed by atoms with van der Waals surface area (Å²) >= 11 is 0. The Morgan fingerprint density at radius 1 is 1.11 bits per heavy atom. The van der Waals surface area contributed by atoms with Gasteiger partial charge in [-0.1, -0.05) is 58.6 Å². The third-order valence-electron chi connectivity index (χ3n) is 8.76. The van der Waals surface area contributed by atoms with Gasteiger partial charge in [-0.25, -0.2) is 0 Å². The molecule has 4 rings (SSSR count). The lowest BCUT2D eigenvalue weighted by Gasteiger charge is -2.52. The van der Waals surface area contributed by atoms with Crippen LogP contribution in [0, 0.1) is 5.92 Å². The van der Waals surface area contributed by atoms with Crippen molar-refractivity contribution < 1.29 is 19.5 Å². The average molecular weight is 527 g/mol. The quantitative estimate of drug-likeness (QED) is 0.459. The Balaban J connectivity index is 1.37. The van der Waals surface area contributed by atoms with Gasteiger partial charge in [0.1, 0.15) is 11.6 Å². The zero-order valence-electron chi connectivity index (χ0n) is 23.4. The van der Waals surface area contributed by atoms with Gasteiger partial charge >= 0.3 is 0 Å². The maximum atomic E-state index is 13.5. The number of likely N-dealkylation sites (tertiary alicyclic amines) is 1. The summed E-state index contributed by atoms with van der Waals surface area (Å²) in [5, 5.41) is 16.7. The van der Waals surface area contributed by atoms with Gasteiger partial charge in [0.25, 0.3) is 5.91 Å². The number of amides is 3. The molecule has 2 saturated heterocycles. The zero-order chi connectivity index (χ0) is 27.3. The van der Waals surface area contributed by atoms with Crippen LogP contribution in [-0.2, 0) is 16.1 Å². The van der Waals surface area contributed by atoms with E-state index in [0.717, 1.165) is 37.8 Å². The highest BCUT2D eigenvalue weighted by atomic mass is 16.3. The number of carbonyl (C=O) groups is 3. The van der Waals surface area contributed by atoms with Crippen molar-refractivity contribution in [2.24, 2.45) is 5.92 Å². The summed E-state index contributed by atoms with van der Waals surface area (Å²) in [5.41, 5.74) is 0.970. The van der Waals surface area contributed by atoms with Crippen LogP contribution < -0.4 is 10.6 Å². The van der Waals surface area contributed by atoms with Crippen LogP contribution in [0.15, 0.2) is 24.3 Å². The second kappa shape index (κ2) is 12.6. The topological polar surface area (TPSA) is 102 Å². The van der Waals surface area contributed by atoms with E-state index in [9.17, 15) is 19.5 Å². The van der Waals surface area contributed by atoms with Gasteiger partial charge in [-0.3, -0.25) is 19.3 Å². The highest BCUT2D eigenvalue weighted by Crippen LogP contribution is 2.35. The van der Waals surface area contributed by atoms with Crippen molar-refractivity contribution in [3.05, 3.63) is 35.4 Å². The summed E-state index contributed by atoms with van der Waals surface area (Å²) in [4.78, 5) is 43.7. The third kappa shape index (κ3) is 6.23. The third-order valence-corrected chi connectivity index (χ3v) is 8.76. The van der Waals surface area contributed by atoms with Crippen LogP contribution in [0.2, 0.25) is 0 Å². The van der Waals surface area contributed by atoms with Crippen LogP contribution in [0.4, 0.5) is 0 Å². The van der Waals surface area contributed by atoms with Gasteiger partial charge in [0, 0.05) is 37.8 Å². The summed E-state index contributed by atoms with van der Waals surface area (Å²) in [7, 11) is 0. The molecule has 0 radical (unpaired) electrons. The Bertz CT molecular complexity index is 965. The van der Waals surface area contributed by atoms with E-state index in [1.807, 2.05) is 38.1 Å². The van der Waals surface area contributed by atoms with E-state index in [2.05, 4.69) is 22.5 Å². The number of piperidine rings is 1. The van der Waals surface area contributed by atoms with Crippen LogP contribution in [-0.4, -0.2) is 76.0 Å². The number of nitrogens with one attached hydrogen (secondary N) is 2. The van der Waals surface area contributed by atoms with Gasteiger partial charge in [-0.05, 0) is 55.7 Å². The van der Waals surface area contributed by atoms with Gasteiger partial charge in [0.2, 0.25) is 11.8 Å². The summed E-state index contributed by atoms with van der Waals surface area (Å²) in [6.07, 6.45) is 7.77. The number of aliphatic hydroxyl groups is 1. The Morgan fingerprint density at radius 3 is 2.37 bits per heavy atom. The number of rotatable bonds is 9. The minimum Gasteiger partial charge on any atom is -0.390 e. The number of carbonyl (C=O) groups excluding carboxylic acids is 3. The maximum Gasteiger partial charge on any atom is 0.251 e. The van der Waals surface area contributed by atoms with Crippen molar-refractivity contribution in [2.75, 3.05) is 19.6 Å². The van der Waals surface area contributed by atoms with Crippen molar-refractivity contribution in [1.82, 2.24) is 20.4 Å². The van der Waals surface area contributed by atoms with Gasteiger partial charge < -0.3 is 20.6 Å². The van der Waals surface area contributed by atoms with Crippen molar-refractivity contribution in [1.29, 1.82) is 0 Å². The lowest BCUT2D eigenvalue weighted by molar-refractivity contribution is -0.165. The molecular formula is C30H46N4O4. The van der Waals surface area contributed by atoms with E-state index in [0.29, 0.717) is 44.1 Å². The minimum atomic E-state index is -0.902. The molecule has 8 heteroatoms. The van der Waals surface area contributed by atoms with Crippen LogP contribution >= 0.6 is 0 Å². The molecule has 0 bridgehead atoms. The van der Waals surface area contributed by atoms with Crippen molar-refractivity contribution in [3.8, 4) is 0 Å². The zero-order valence-corrected chi connectivity index (χ0v) is 23.4.